The van der Waals surface area contributed by atoms with E-state index in [1.165, 1.54) is 4.90 Å². The normalized spacial score (nSPS) is 18.4. The minimum Gasteiger partial charge on any atom is -0.345 e. The lowest BCUT2D eigenvalue weighted by Crippen LogP contribution is -2.41. The van der Waals surface area contributed by atoms with Crippen LogP contribution in [0.3, 0.4) is 0 Å². The first-order chi connectivity index (χ1) is 12.8. The topological polar surface area (TPSA) is 87.7 Å². The zero-order chi connectivity index (χ0) is 19.2. The van der Waals surface area contributed by atoms with Gasteiger partial charge in [0.05, 0.1) is 11.1 Å². The molecule has 0 radical (unpaired) electrons. The number of hydrogen-bond donors (Lipinski definition) is 1. The number of nitrogens with zero attached hydrogens (tertiary/aromatic N) is 5. The van der Waals surface area contributed by atoms with Crippen molar-refractivity contribution in [2.45, 2.75) is 38.3 Å². The Hall–Kier alpha value is -2.78. The Balaban J connectivity index is 1.73. The van der Waals surface area contributed by atoms with Crippen molar-refractivity contribution < 1.29 is 18.0 Å². The van der Waals surface area contributed by atoms with Gasteiger partial charge >= 0.3 is 6.18 Å². The number of aromatic amines is 1. The van der Waals surface area contributed by atoms with Crippen LogP contribution in [0.25, 0.3) is 22.1 Å². The summed E-state index contributed by atoms with van der Waals surface area (Å²) in [5.74, 6) is -0.559. The van der Waals surface area contributed by atoms with E-state index in [1.807, 2.05) is 6.07 Å². The standard InChI is InChI=1S/C17H17F3N6O/c1-9-22-14(13-11-4-5-21-15(11)24-25-16(13)23-9)10-3-2-6-26(8-10)12(27)7-17(18,19)20/h4-5,10H,2-3,6-8H2,1H3,(H,21,24). The maximum Gasteiger partial charge on any atom is 0.397 e. The van der Waals surface area contributed by atoms with Crippen molar-refractivity contribution in [2.75, 3.05) is 13.1 Å². The molecule has 7 nitrogen and oxygen atoms in total. The molecule has 1 N–H and O–H groups in total. The number of rotatable bonds is 2. The molecule has 0 aliphatic carbocycles. The lowest BCUT2D eigenvalue weighted by atomic mass is 9.91. The van der Waals surface area contributed by atoms with Gasteiger partial charge in [0.1, 0.15) is 12.2 Å². The van der Waals surface area contributed by atoms with Crippen molar-refractivity contribution in [1.82, 2.24) is 30.0 Å². The molecule has 1 aliphatic heterocycles. The smallest absolute Gasteiger partial charge is 0.345 e. The van der Waals surface area contributed by atoms with Crippen LogP contribution in [-0.2, 0) is 4.79 Å². The van der Waals surface area contributed by atoms with Crippen LogP contribution in [0, 0.1) is 6.92 Å². The second kappa shape index (κ2) is 6.43. The first-order valence-electron chi connectivity index (χ1n) is 8.64. The fraction of sp³-hybridized carbons (Fsp3) is 0.471. The Morgan fingerprint density at radius 1 is 1.33 bits per heavy atom. The maximum atomic E-state index is 12.6. The van der Waals surface area contributed by atoms with Crippen molar-refractivity contribution in [2.24, 2.45) is 0 Å². The molecule has 3 aromatic heterocycles. The molecule has 0 bridgehead atoms. The number of carbonyl (C=O) groups is 1. The predicted octanol–water partition coefficient (Wildman–Crippen LogP) is 2.87. The van der Waals surface area contributed by atoms with E-state index in [0.717, 1.165) is 17.2 Å². The van der Waals surface area contributed by atoms with Crippen LogP contribution in [0.4, 0.5) is 13.2 Å². The molecule has 0 spiro atoms. The van der Waals surface area contributed by atoms with Gasteiger partial charge in [-0.1, -0.05) is 0 Å². The quantitative estimate of drug-likeness (QED) is 0.741. The van der Waals surface area contributed by atoms with Crippen LogP contribution in [0.5, 0.6) is 0 Å². The van der Waals surface area contributed by atoms with E-state index in [9.17, 15) is 18.0 Å². The number of alkyl halides is 3. The monoisotopic (exact) mass is 378 g/mol. The number of aromatic nitrogens is 5. The van der Waals surface area contributed by atoms with Crippen LogP contribution >= 0.6 is 0 Å². The fourth-order valence-corrected chi connectivity index (χ4v) is 3.66. The van der Waals surface area contributed by atoms with Crippen LogP contribution in [0.2, 0.25) is 0 Å². The summed E-state index contributed by atoms with van der Waals surface area (Å²) in [7, 11) is 0. The Morgan fingerprint density at radius 2 is 2.15 bits per heavy atom. The lowest BCUT2D eigenvalue weighted by molar-refractivity contribution is -0.162. The second-order valence-electron chi connectivity index (χ2n) is 6.77. The highest BCUT2D eigenvalue weighted by molar-refractivity contribution is 6.02. The molecule has 1 saturated heterocycles. The van der Waals surface area contributed by atoms with Crippen LogP contribution in [0.15, 0.2) is 12.3 Å². The van der Waals surface area contributed by atoms with Crippen molar-refractivity contribution >= 4 is 28.0 Å². The van der Waals surface area contributed by atoms with Crippen molar-refractivity contribution in [3.63, 3.8) is 0 Å². The second-order valence-corrected chi connectivity index (χ2v) is 6.77. The summed E-state index contributed by atoms with van der Waals surface area (Å²) in [6.45, 7) is 2.27. The van der Waals surface area contributed by atoms with Gasteiger partial charge in [0.15, 0.2) is 11.3 Å². The number of amides is 1. The van der Waals surface area contributed by atoms with E-state index in [0.29, 0.717) is 35.8 Å². The molecule has 1 unspecified atom stereocenters. The van der Waals surface area contributed by atoms with Gasteiger partial charge in [-0.15, -0.1) is 10.2 Å². The van der Waals surface area contributed by atoms with Gasteiger partial charge in [0.25, 0.3) is 0 Å². The van der Waals surface area contributed by atoms with E-state index < -0.39 is 18.5 Å². The molecule has 1 aliphatic rings. The average Bonchev–Trinajstić information content (AvgIpc) is 3.08. The van der Waals surface area contributed by atoms with E-state index in [2.05, 4.69) is 25.1 Å². The summed E-state index contributed by atoms with van der Waals surface area (Å²) in [6.07, 6.45) is -2.85. The lowest BCUT2D eigenvalue weighted by Gasteiger charge is -2.33. The van der Waals surface area contributed by atoms with E-state index in [-0.39, 0.29) is 12.5 Å². The number of nitrogens with one attached hydrogen (secondary N) is 1. The summed E-state index contributed by atoms with van der Waals surface area (Å²) in [6, 6.07) is 1.85. The van der Waals surface area contributed by atoms with Gasteiger partial charge in [-0.2, -0.15) is 13.2 Å². The Morgan fingerprint density at radius 3 is 2.93 bits per heavy atom. The third-order valence-corrected chi connectivity index (χ3v) is 4.78. The van der Waals surface area contributed by atoms with E-state index in [4.69, 9.17) is 0 Å². The highest BCUT2D eigenvalue weighted by Gasteiger charge is 2.36. The molecular formula is C17H17F3N6O. The van der Waals surface area contributed by atoms with Crippen LogP contribution in [0.1, 0.15) is 36.7 Å². The SMILES string of the molecule is Cc1nc(C2CCCN(C(=O)CC(F)(F)F)C2)c2c(nnc3[nH]ccc32)n1. The molecule has 0 aromatic carbocycles. The summed E-state index contributed by atoms with van der Waals surface area (Å²) < 4.78 is 37.8. The Kier molecular flexibility index (Phi) is 4.20. The zero-order valence-corrected chi connectivity index (χ0v) is 14.5. The van der Waals surface area contributed by atoms with Gasteiger partial charge < -0.3 is 9.88 Å². The van der Waals surface area contributed by atoms with E-state index >= 15 is 0 Å². The maximum absolute atomic E-state index is 12.6. The Labute approximate surface area is 152 Å². The van der Waals surface area contributed by atoms with Crippen molar-refractivity contribution in [3.05, 3.63) is 23.8 Å². The number of piperidine rings is 1. The molecule has 1 fully saturated rings. The fourth-order valence-electron chi connectivity index (χ4n) is 3.66. The van der Waals surface area contributed by atoms with Gasteiger partial charge in [-0.3, -0.25) is 4.79 Å². The molecule has 10 heteroatoms. The van der Waals surface area contributed by atoms with E-state index in [1.54, 1.807) is 13.1 Å². The highest BCUT2D eigenvalue weighted by Crippen LogP contribution is 2.33. The number of halogens is 3. The molecular weight excluding hydrogens is 361 g/mol. The molecule has 142 valence electrons. The first-order valence-corrected chi connectivity index (χ1v) is 8.64. The van der Waals surface area contributed by atoms with Crippen molar-refractivity contribution in [1.29, 1.82) is 0 Å². The van der Waals surface area contributed by atoms with Gasteiger partial charge in [0, 0.05) is 30.6 Å². The van der Waals surface area contributed by atoms with Gasteiger partial charge in [-0.05, 0) is 25.8 Å². The molecule has 4 rings (SSSR count). The summed E-state index contributed by atoms with van der Waals surface area (Å²) in [4.78, 5) is 25.2. The van der Waals surface area contributed by atoms with Gasteiger partial charge in [-0.25, -0.2) is 9.97 Å². The number of fused-ring (bicyclic) bond motifs is 3. The van der Waals surface area contributed by atoms with Gasteiger partial charge in [0.2, 0.25) is 5.91 Å². The minimum absolute atomic E-state index is 0.178. The molecule has 27 heavy (non-hydrogen) atoms. The summed E-state index contributed by atoms with van der Waals surface area (Å²) in [5.41, 5.74) is 1.75. The molecule has 3 aromatic rings. The molecule has 1 amide bonds. The average molecular weight is 378 g/mol. The number of H-pyrrole nitrogens is 1. The molecule has 1 atom stereocenters. The third-order valence-electron chi connectivity index (χ3n) is 4.78. The predicted molar refractivity (Wildman–Crippen MR) is 90.9 cm³/mol. The number of carbonyl (C=O) groups excluding carboxylic acids is 1. The van der Waals surface area contributed by atoms with Crippen molar-refractivity contribution in [3.8, 4) is 0 Å². The van der Waals surface area contributed by atoms with Crippen LogP contribution < -0.4 is 0 Å². The third kappa shape index (κ3) is 3.43. The molecule has 4 heterocycles. The minimum atomic E-state index is -4.50. The number of hydrogen-bond acceptors (Lipinski definition) is 5. The number of likely N-dealkylation sites (tertiary alicyclic amines) is 1. The Bertz CT molecular complexity index is 1010. The largest absolute Gasteiger partial charge is 0.397 e. The first kappa shape index (κ1) is 17.6. The number of aryl methyl sites for hydroxylation is 1. The van der Waals surface area contributed by atoms with Crippen LogP contribution in [-0.4, -0.2) is 55.2 Å². The zero-order valence-electron chi connectivity index (χ0n) is 14.5. The summed E-state index contributed by atoms with van der Waals surface area (Å²) in [5, 5.41) is 9.79. The summed E-state index contributed by atoms with van der Waals surface area (Å²) >= 11 is 0. The highest BCUT2D eigenvalue weighted by atomic mass is 19.4. The molecule has 0 saturated carbocycles.